The van der Waals surface area contributed by atoms with Gasteiger partial charge in [0.05, 0.1) is 7.11 Å². The molecule has 1 aliphatic heterocycles. The Kier molecular flexibility index (Phi) is 7.01. The van der Waals surface area contributed by atoms with Crippen molar-refractivity contribution in [3.8, 4) is 11.5 Å². The molecule has 1 saturated heterocycles. The zero-order chi connectivity index (χ0) is 17.6. The lowest BCUT2D eigenvalue weighted by Gasteiger charge is -2.23. The Hall–Kier alpha value is -1.61. The summed E-state index contributed by atoms with van der Waals surface area (Å²) >= 11 is 0. The summed E-state index contributed by atoms with van der Waals surface area (Å²) in [5, 5.41) is 0. The van der Waals surface area contributed by atoms with Gasteiger partial charge in [0, 0.05) is 19.4 Å². The van der Waals surface area contributed by atoms with Crippen LogP contribution in [-0.4, -0.2) is 50.3 Å². The van der Waals surface area contributed by atoms with Crippen LogP contribution in [0.2, 0.25) is 19.6 Å². The number of hydrogen-bond donors (Lipinski definition) is 0. The standard InChI is InChI=1S/C17H27NO4Si/c1-13(11-14(19)8-10-23(3,4)5)12-16(20)18-9-6-7-15(18)17(21)22-2/h13,15H,6-7,9,11-12H2,1-5H3/t13?,15-/m0/s1. The van der Waals surface area contributed by atoms with E-state index in [9.17, 15) is 14.4 Å². The van der Waals surface area contributed by atoms with E-state index in [0.717, 1.165) is 6.42 Å². The van der Waals surface area contributed by atoms with Gasteiger partial charge < -0.3 is 9.64 Å². The van der Waals surface area contributed by atoms with Crippen LogP contribution in [-0.2, 0) is 19.1 Å². The van der Waals surface area contributed by atoms with Crippen molar-refractivity contribution < 1.29 is 19.1 Å². The van der Waals surface area contributed by atoms with Gasteiger partial charge in [0.15, 0.2) is 0 Å². The van der Waals surface area contributed by atoms with Gasteiger partial charge in [0.25, 0.3) is 0 Å². The van der Waals surface area contributed by atoms with Gasteiger partial charge in [-0.15, -0.1) is 5.54 Å². The van der Waals surface area contributed by atoms with Crippen molar-refractivity contribution in [2.75, 3.05) is 13.7 Å². The van der Waals surface area contributed by atoms with Crippen LogP contribution in [0.1, 0.15) is 32.6 Å². The fourth-order valence-corrected chi connectivity index (χ4v) is 3.07. The molecule has 5 nitrogen and oxygen atoms in total. The van der Waals surface area contributed by atoms with Crippen LogP contribution in [0.3, 0.4) is 0 Å². The third kappa shape index (κ3) is 6.57. The summed E-state index contributed by atoms with van der Waals surface area (Å²) in [7, 11) is -0.224. The lowest BCUT2D eigenvalue weighted by Crippen LogP contribution is -2.41. The molecule has 0 aliphatic carbocycles. The Balaban J connectivity index is 2.54. The number of nitrogens with zero attached hydrogens (tertiary/aromatic N) is 1. The topological polar surface area (TPSA) is 63.7 Å². The van der Waals surface area contributed by atoms with Crippen LogP contribution in [0.4, 0.5) is 0 Å². The van der Waals surface area contributed by atoms with E-state index in [-0.39, 0.29) is 36.4 Å². The third-order valence-electron chi connectivity index (χ3n) is 3.68. The van der Waals surface area contributed by atoms with Crippen molar-refractivity contribution in [1.82, 2.24) is 4.90 Å². The van der Waals surface area contributed by atoms with E-state index in [1.807, 2.05) is 6.92 Å². The summed E-state index contributed by atoms with van der Waals surface area (Å²) in [6.07, 6.45) is 1.99. The smallest absolute Gasteiger partial charge is 0.328 e. The maximum atomic E-state index is 12.4. The van der Waals surface area contributed by atoms with Crippen LogP contribution < -0.4 is 0 Å². The van der Waals surface area contributed by atoms with Crippen molar-refractivity contribution in [1.29, 1.82) is 0 Å². The number of amides is 1. The van der Waals surface area contributed by atoms with Crippen molar-refractivity contribution in [2.24, 2.45) is 5.92 Å². The van der Waals surface area contributed by atoms with E-state index in [1.165, 1.54) is 7.11 Å². The Labute approximate surface area is 139 Å². The number of carbonyl (C=O) groups excluding carboxylic acids is 3. The lowest BCUT2D eigenvalue weighted by atomic mass is 10.0. The summed E-state index contributed by atoms with van der Waals surface area (Å²) in [5.74, 6) is 2.07. The fourth-order valence-electron chi connectivity index (χ4n) is 2.56. The van der Waals surface area contributed by atoms with E-state index in [0.29, 0.717) is 13.0 Å². The lowest BCUT2D eigenvalue weighted by molar-refractivity contribution is -0.151. The molecular formula is C17H27NO4Si. The largest absolute Gasteiger partial charge is 0.467 e. The minimum absolute atomic E-state index is 0.0789. The molecule has 23 heavy (non-hydrogen) atoms. The van der Waals surface area contributed by atoms with Gasteiger partial charge in [-0.1, -0.05) is 26.6 Å². The van der Waals surface area contributed by atoms with Gasteiger partial charge in [-0.05, 0) is 24.7 Å². The molecule has 1 rings (SSSR count). The van der Waals surface area contributed by atoms with Crippen LogP contribution in [0.15, 0.2) is 0 Å². The number of methoxy groups -OCH3 is 1. The number of Topliss-reactive ketones (excluding diaryl/α,β-unsaturated/α-hetero) is 1. The zero-order valence-corrected chi connectivity index (χ0v) is 15.8. The van der Waals surface area contributed by atoms with Crippen molar-refractivity contribution >= 4 is 25.7 Å². The van der Waals surface area contributed by atoms with Crippen LogP contribution >= 0.6 is 0 Å². The minimum atomic E-state index is -1.56. The van der Waals surface area contributed by atoms with E-state index >= 15 is 0 Å². The monoisotopic (exact) mass is 337 g/mol. The highest BCUT2D eigenvalue weighted by Crippen LogP contribution is 2.21. The third-order valence-corrected chi connectivity index (χ3v) is 4.56. The van der Waals surface area contributed by atoms with Crippen LogP contribution in [0.5, 0.6) is 0 Å². The fraction of sp³-hybridized carbons (Fsp3) is 0.706. The first-order chi connectivity index (χ1) is 10.6. The van der Waals surface area contributed by atoms with Gasteiger partial charge >= 0.3 is 5.97 Å². The van der Waals surface area contributed by atoms with Gasteiger partial charge in [-0.2, -0.15) is 0 Å². The average molecular weight is 337 g/mol. The first-order valence-electron chi connectivity index (χ1n) is 8.07. The molecule has 2 atom stereocenters. The van der Waals surface area contributed by atoms with Gasteiger partial charge in [-0.25, -0.2) is 4.79 Å². The predicted octanol–water partition coefficient (Wildman–Crippen LogP) is 2.02. The van der Waals surface area contributed by atoms with Gasteiger partial charge in [-0.3, -0.25) is 9.59 Å². The number of likely N-dealkylation sites (tertiary alicyclic amines) is 1. The number of rotatable bonds is 5. The molecule has 0 aromatic heterocycles. The summed E-state index contributed by atoms with van der Waals surface area (Å²) < 4.78 is 4.75. The van der Waals surface area contributed by atoms with Crippen molar-refractivity contribution in [3.63, 3.8) is 0 Å². The normalized spacial score (nSPS) is 18.8. The maximum Gasteiger partial charge on any atom is 0.328 e. The Morgan fingerprint density at radius 2 is 1.91 bits per heavy atom. The molecule has 0 bridgehead atoms. The average Bonchev–Trinajstić information content (AvgIpc) is 2.92. The summed E-state index contributed by atoms with van der Waals surface area (Å²) in [6, 6.07) is -0.470. The molecule has 0 aromatic rings. The molecular weight excluding hydrogens is 310 g/mol. The highest BCUT2D eigenvalue weighted by atomic mass is 28.3. The summed E-state index contributed by atoms with van der Waals surface area (Å²) in [6.45, 7) is 8.70. The van der Waals surface area contributed by atoms with Crippen LogP contribution in [0, 0.1) is 17.4 Å². The molecule has 0 saturated carbocycles. The van der Waals surface area contributed by atoms with Crippen molar-refractivity contribution in [2.45, 2.75) is 58.3 Å². The zero-order valence-electron chi connectivity index (χ0n) is 14.8. The quantitative estimate of drug-likeness (QED) is 0.437. The predicted molar refractivity (Wildman–Crippen MR) is 91.3 cm³/mol. The van der Waals surface area contributed by atoms with Crippen molar-refractivity contribution in [3.05, 3.63) is 0 Å². The number of carbonyl (C=O) groups is 3. The van der Waals surface area contributed by atoms with E-state index < -0.39 is 14.1 Å². The molecule has 1 fully saturated rings. The summed E-state index contributed by atoms with van der Waals surface area (Å²) in [5.41, 5.74) is 3.05. The Morgan fingerprint density at radius 1 is 1.26 bits per heavy atom. The molecule has 1 unspecified atom stereocenters. The Morgan fingerprint density at radius 3 is 2.48 bits per heavy atom. The van der Waals surface area contributed by atoms with Gasteiger partial charge in [0.2, 0.25) is 11.7 Å². The maximum absolute atomic E-state index is 12.4. The molecule has 1 heterocycles. The van der Waals surface area contributed by atoms with E-state index in [4.69, 9.17) is 4.74 Å². The number of esters is 1. The number of hydrogen-bond acceptors (Lipinski definition) is 4. The Bertz CT molecular complexity index is 527. The first-order valence-corrected chi connectivity index (χ1v) is 11.6. The SMILES string of the molecule is COC(=O)[C@@H]1CCCN1C(=O)CC(C)CC(=O)C#C[Si](C)(C)C. The second-order valence-electron chi connectivity index (χ2n) is 7.20. The molecule has 0 aromatic carbocycles. The molecule has 0 spiro atoms. The van der Waals surface area contributed by atoms with E-state index in [1.54, 1.807) is 4.90 Å². The molecule has 128 valence electrons. The second kappa shape index (κ2) is 8.30. The van der Waals surface area contributed by atoms with Crippen LogP contribution in [0.25, 0.3) is 0 Å². The number of ether oxygens (including phenoxy) is 1. The highest BCUT2D eigenvalue weighted by molar-refractivity contribution is 6.84. The minimum Gasteiger partial charge on any atom is -0.467 e. The number of ketones is 1. The molecule has 0 N–H and O–H groups in total. The molecule has 0 radical (unpaired) electrons. The summed E-state index contributed by atoms with van der Waals surface area (Å²) in [4.78, 5) is 37.5. The highest BCUT2D eigenvalue weighted by Gasteiger charge is 2.35. The van der Waals surface area contributed by atoms with E-state index in [2.05, 4.69) is 31.1 Å². The van der Waals surface area contributed by atoms with Gasteiger partial charge in [0.1, 0.15) is 14.1 Å². The molecule has 1 amide bonds. The first kappa shape index (κ1) is 19.4. The second-order valence-corrected chi connectivity index (χ2v) is 12.0. The molecule has 6 heteroatoms. The molecule has 1 aliphatic rings.